The van der Waals surface area contributed by atoms with E-state index in [1.165, 1.54) is 37.4 Å². The molecule has 1 fully saturated rings. The maximum absolute atomic E-state index is 13.8. The number of anilines is 1. The van der Waals surface area contributed by atoms with Crippen molar-refractivity contribution in [1.82, 2.24) is 0 Å². The Kier molecular flexibility index (Phi) is 6.15. The molecule has 7 nitrogen and oxygen atoms in total. The zero-order valence-electron chi connectivity index (χ0n) is 15.6. The number of methoxy groups -OCH3 is 1. The summed E-state index contributed by atoms with van der Waals surface area (Å²) >= 11 is 0. The molecule has 1 amide bonds. The Morgan fingerprint density at radius 3 is 2.76 bits per heavy atom. The minimum Gasteiger partial charge on any atom is -0.496 e. The summed E-state index contributed by atoms with van der Waals surface area (Å²) in [6, 6.07) is 9.39. The van der Waals surface area contributed by atoms with E-state index in [1.54, 1.807) is 6.07 Å². The van der Waals surface area contributed by atoms with E-state index < -0.39 is 21.6 Å². The molecule has 1 atom stereocenters. The Morgan fingerprint density at radius 1 is 1.34 bits per heavy atom. The quantitative estimate of drug-likeness (QED) is 0.773. The van der Waals surface area contributed by atoms with Gasteiger partial charge in [0.2, 0.25) is 0 Å². The summed E-state index contributed by atoms with van der Waals surface area (Å²) in [5, 5.41) is 11.3. The van der Waals surface area contributed by atoms with E-state index in [2.05, 4.69) is 5.32 Å². The molecule has 0 aliphatic carbocycles. The number of nitriles is 1. The van der Waals surface area contributed by atoms with E-state index in [-0.39, 0.29) is 39.1 Å². The summed E-state index contributed by atoms with van der Waals surface area (Å²) < 4.78 is 49.6. The van der Waals surface area contributed by atoms with Gasteiger partial charge in [-0.05, 0) is 48.7 Å². The highest BCUT2D eigenvalue weighted by molar-refractivity contribution is 7.91. The van der Waals surface area contributed by atoms with Gasteiger partial charge in [-0.1, -0.05) is 0 Å². The van der Waals surface area contributed by atoms with Crippen molar-refractivity contribution in [2.75, 3.05) is 31.4 Å². The molecular weight excluding hydrogens is 399 g/mol. The maximum Gasteiger partial charge on any atom is 0.259 e. The Morgan fingerprint density at radius 2 is 2.14 bits per heavy atom. The monoisotopic (exact) mass is 418 g/mol. The molecule has 1 N–H and O–H groups in total. The number of hydrogen-bond acceptors (Lipinski definition) is 6. The van der Waals surface area contributed by atoms with E-state index in [9.17, 15) is 17.6 Å². The van der Waals surface area contributed by atoms with Gasteiger partial charge < -0.3 is 14.8 Å². The van der Waals surface area contributed by atoms with Gasteiger partial charge in [0, 0.05) is 12.3 Å². The van der Waals surface area contributed by atoms with Gasteiger partial charge in [0.05, 0.1) is 35.5 Å². The third-order valence-corrected chi connectivity index (χ3v) is 6.48. The van der Waals surface area contributed by atoms with Crippen molar-refractivity contribution in [2.45, 2.75) is 11.3 Å². The molecule has 0 spiro atoms. The van der Waals surface area contributed by atoms with Crippen LogP contribution in [0, 0.1) is 23.1 Å². The second kappa shape index (κ2) is 8.59. The molecule has 0 bridgehead atoms. The smallest absolute Gasteiger partial charge is 0.259 e. The van der Waals surface area contributed by atoms with Crippen LogP contribution in [0.1, 0.15) is 22.3 Å². The van der Waals surface area contributed by atoms with Gasteiger partial charge in [0.1, 0.15) is 17.6 Å². The van der Waals surface area contributed by atoms with E-state index >= 15 is 0 Å². The summed E-state index contributed by atoms with van der Waals surface area (Å²) in [7, 11) is -2.27. The van der Waals surface area contributed by atoms with Gasteiger partial charge in [-0.15, -0.1) is 0 Å². The fourth-order valence-electron chi connectivity index (χ4n) is 3.06. The second-order valence-corrected chi connectivity index (χ2v) is 8.67. The minimum atomic E-state index is -3.62. The van der Waals surface area contributed by atoms with Crippen LogP contribution < -0.4 is 10.1 Å². The van der Waals surface area contributed by atoms with Crippen molar-refractivity contribution < 1.29 is 27.1 Å². The Labute approximate surface area is 168 Å². The molecule has 1 saturated heterocycles. The van der Waals surface area contributed by atoms with Crippen molar-refractivity contribution in [3.63, 3.8) is 0 Å². The van der Waals surface area contributed by atoms with E-state index in [0.29, 0.717) is 19.6 Å². The van der Waals surface area contributed by atoms with Gasteiger partial charge in [0.25, 0.3) is 5.91 Å². The second-order valence-electron chi connectivity index (χ2n) is 6.63. The Bertz CT molecular complexity index is 1070. The fraction of sp³-hybridized carbons (Fsp3) is 0.300. The summed E-state index contributed by atoms with van der Waals surface area (Å²) in [6.07, 6.45) is 0.674. The lowest BCUT2D eigenvalue weighted by atomic mass is 10.1. The highest BCUT2D eigenvalue weighted by Gasteiger charge is 2.26. The normalized spacial score (nSPS) is 16.2. The highest BCUT2D eigenvalue weighted by Crippen LogP contribution is 2.27. The predicted octanol–water partition coefficient (Wildman–Crippen LogP) is 2.77. The van der Waals surface area contributed by atoms with Crippen LogP contribution in [0.5, 0.6) is 5.75 Å². The molecule has 1 aliphatic heterocycles. The molecule has 3 rings (SSSR count). The van der Waals surface area contributed by atoms with Gasteiger partial charge in [-0.2, -0.15) is 5.26 Å². The van der Waals surface area contributed by atoms with E-state index in [4.69, 9.17) is 14.7 Å². The van der Waals surface area contributed by atoms with Gasteiger partial charge in [0.15, 0.2) is 9.84 Å². The van der Waals surface area contributed by atoms with Crippen molar-refractivity contribution in [1.29, 1.82) is 5.26 Å². The molecule has 0 unspecified atom stereocenters. The largest absolute Gasteiger partial charge is 0.496 e. The molecule has 0 saturated carbocycles. The Balaban J connectivity index is 1.87. The maximum atomic E-state index is 13.8. The molecule has 2 aromatic carbocycles. The van der Waals surface area contributed by atoms with Crippen LogP contribution >= 0.6 is 0 Å². The number of sulfone groups is 1. The zero-order valence-corrected chi connectivity index (χ0v) is 16.5. The lowest BCUT2D eigenvalue weighted by Crippen LogP contribution is -2.18. The first-order chi connectivity index (χ1) is 13.8. The molecule has 152 valence electrons. The van der Waals surface area contributed by atoms with Crippen LogP contribution in [0.25, 0.3) is 0 Å². The number of rotatable bonds is 6. The van der Waals surface area contributed by atoms with Crippen LogP contribution in [0.4, 0.5) is 10.1 Å². The third kappa shape index (κ3) is 4.72. The van der Waals surface area contributed by atoms with Gasteiger partial charge in [-0.25, -0.2) is 12.8 Å². The summed E-state index contributed by atoms with van der Waals surface area (Å²) in [4.78, 5) is 12.7. The number of benzene rings is 2. The summed E-state index contributed by atoms with van der Waals surface area (Å²) in [6.45, 7) is 0.935. The molecular formula is C20H19FN2O5S. The van der Waals surface area contributed by atoms with Crippen LogP contribution in [-0.2, 0) is 14.6 Å². The Hall–Kier alpha value is -2.96. The third-order valence-electron chi connectivity index (χ3n) is 4.60. The first kappa shape index (κ1) is 20.8. The van der Waals surface area contributed by atoms with Crippen LogP contribution in [0.3, 0.4) is 0 Å². The predicted molar refractivity (Wildman–Crippen MR) is 103 cm³/mol. The summed E-state index contributed by atoms with van der Waals surface area (Å²) in [5.74, 6) is -1.40. The van der Waals surface area contributed by atoms with Crippen molar-refractivity contribution in [3.8, 4) is 11.8 Å². The molecule has 0 aromatic heterocycles. The number of carbonyl (C=O) groups excluding carboxylic acids is 1. The molecule has 1 heterocycles. The van der Waals surface area contributed by atoms with Gasteiger partial charge >= 0.3 is 0 Å². The van der Waals surface area contributed by atoms with Gasteiger partial charge in [-0.3, -0.25) is 4.79 Å². The average molecular weight is 418 g/mol. The molecule has 9 heteroatoms. The molecule has 1 aliphatic rings. The van der Waals surface area contributed by atoms with Crippen molar-refractivity contribution in [2.24, 2.45) is 5.92 Å². The number of ether oxygens (including phenoxy) is 2. The lowest BCUT2D eigenvalue weighted by molar-refractivity contribution is 0.102. The molecule has 2 aromatic rings. The SMILES string of the molecule is COc1ccc(S(=O)(=O)C[C@H]2CCOC2)cc1C(=O)Nc1ccc(C#N)c(F)c1. The first-order valence-electron chi connectivity index (χ1n) is 8.83. The minimum absolute atomic E-state index is 0.000940. The van der Waals surface area contributed by atoms with E-state index in [0.717, 1.165) is 6.07 Å². The molecule has 0 radical (unpaired) electrons. The van der Waals surface area contributed by atoms with Crippen LogP contribution in [0.2, 0.25) is 0 Å². The topological polar surface area (TPSA) is 105 Å². The fourth-order valence-corrected chi connectivity index (χ4v) is 4.71. The number of hydrogen-bond donors (Lipinski definition) is 1. The number of nitrogens with zero attached hydrogens (tertiary/aromatic N) is 1. The summed E-state index contributed by atoms with van der Waals surface area (Å²) in [5.41, 5.74) is -0.0181. The first-order valence-corrected chi connectivity index (χ1v) is 10.5. The number of nitrogens with one attached hydrogen (secondary N) is 1. The number of amides is 1. The number of halogens is 1. The number of carbonyl (C=O) groups is 1. The molecule has 29 heavy (non-hydrogen) atoms. The van der Waals surface area contributed by atoms with Crippen molar-refractivity contribution >= 4 is 21.4 Å². The van der Waals surface area contributed by atoms with E-state index in [1.807, 2.05) is 0 Å². The average Bonchev–Trinajstić information content (AvgIpc) is 3.19. The van der Waals surface area contributed by atoms with Crippen molar-refractivity contribution in [3.05, 3.63) is 53.3 Å². The highest BCUT2D eigenvalue weighted by atomic mass is 32.2. The standard InChI is InChI=1S/C20H19FN2O5S/c1-27-19-5-4-16(29(25,26)12-13-6-7-28-11-13)9-17(19)20(24)23-15-3-2-14(10-22)18(21)8-15/h2-5,8-9,13H,6-7,11-12H2,1H3,(H,23,24)/t13-/m0/s1. The van der Waals surface area contributed by atoms with Crippen LogP contribution in [-0.4, -0.2) is 40.4 Å². The zero-order chi connectivity index (χ0) is 21.0. The lowest BCUT2D eigenvalue weighted by Gasteiger charge is -2.13. The van der Waals surface area contributed by atoms with Crippen LogP contribution in [0.15, 0.2) is 41.3 Å².